The fourth-order valence-electron chi connectivity index (χ4n) is 2.97. The molecule has 0 aromatic heterocycles. The van der Waals surface area contributed by atoms with Crippen molar-refractivity contribution in [2.45, 2.75) is 19.5 Å². The van der Waals surface area contributed by atoms with Gasteiger partial charge in [0.25, 0.3) is 0 Å². The Morgan fingerprint density at radius 1 is 1.33 bits per heavy atom. The number of carbonyl (C=O) groups is 1. The summed E-state index contributed by atoms with van der Waals surface area (Å²) in [7, 11) is 0. The first kappa shape index (κ1) is 14.4. The number of fused-ring (bicyclic) bond motifs is 1. The maximum atomic E-state index is 12.5. The number of ether oxygens (including phenoxy) is 1. The number of hydrogen-bond donors (Lipinski definition) is 1. The summed E-state index contributed by atoms with van der Waals surface area (Å²) in [5.41, 5.74) is 2.44. The standard InChI is InChI=1S/C16H23N3O2/c1-13-11-19(12-16(20)18-6-8-21-9-7-18)15-5-3-2-4-14(15)10-17-13/h2-5,13,17H,6-12H2,1H3. The van der Waals surface area contributed by atoms with E-state index in [1.165, 1.54) is 11.3 Å². The summed E-state index contributed by atoms with van der Waals surface area (Å²) in [5.74, 6) is 0.196. The first-order valence-electron chi connectivity index (χ1n) is 7.66. The van der Waals surface area contributed by atoms with Gasteiger partial charge in [-0.15, -0.1) is 0 Å². The second kappa shape index (κ2) is 6.45. The third-order valence-corrected chi connectivity index (χ3v) is 4.16. The molecule has 0 saturated carbocycles. The number of nitrogens with zero attached hydrogens (tertiary/aromatic N) is 2. The number of para-hydroxylation sites is 1. The molecule has 114 valence electrons. The predicted octanol–water partition coefficient (Wildman–Crippen LogP) is 0.843. The normalized spacial score (nSPS) is 22.6. The van der Waals surface area contributed by atoms with E-state index in [2.05, 4.69) is 35.3 Å². The second-order valence-electron chi connectivity index (χ2n) is 5.78. The molecule has 2 heterocycles. The van der Waals surface area contributed by atoms with E-state index >= 15 is 0 Å². The van der Waals surface area contributed by atoms with E-state index < -0.39 is 0 Å². The van der Waals surface area contributed by atoms with E-state index in [1.807, 2.05) is 11.0 Å². The van der Waals surface area contributed by atoms with Crippen LogP contribution in [-0.2, 0) is 16.1 Å². The third kappa shape index (κ3) is 3.36. The highest BCUT2D eigenvalue weighted by molar-refractivity contribution is 5.82. The van der Waals surface area contributed by atoms with Crippen molar-refractivity contribution >= 4 is 11.6 Å². The molecule has 5 nitrogen and oxygen atoms in total. The van der Waals surface area contributed by atoms with Gasteiger partial charge in [-0.05, 0) is 18.6 Å². The van der Waals surface area contributed by atoms with Gasteiger partial charge in [0.1, 0.15) is 0 Å². The van der Waals surface area contributed by atoms with Crippen molar-refractivity contribution < 1.29 is 9.53 Å². The highest BCUT2D eigenvalue weighted by Gasteiger charge is 2.24. The molecule has 1 atom stereocenters. The van der Waals surface area contributed by atoms with Gasteiger partial charge in [-0.2, -0.15) is 0 Å². The van der Waals surface area contributed by atoms with Crippen LogP contribution in [0.15, 0.2) is 24.3 Å². The monoisotopic (exact) mass is 289 g/mol. The van der Waals surface area contributed by atoms with E-state index in [9.17, 15) is 4.79 Å². The van der Waals surface area contributed by atoms with E-state index in [1.54, 1.807) is 0 Å². The number of nitrogens with one attached hydrogen (secondary N) is 1. The van der Waals surface area contributed by atoms with Crippen LogP contribution in [-0.4, -0.2) is 56.2 Å². The fourth-order valence-corrected chi connectivity index (χ4v) is 2.97. The number of carbonyl (C=O) groups excluding carboxylic acids is 1. The highest BCUT2D eigenvalue weighted by atomic mass is 16.5. The molecule has 0 spiro atoms. The highest BCUT2D eigenvalue weighted by Crippen LogP contribution is 2.23. The van der Waals surface area contributed by atoms with Gasteiger partial charge in [-0.3, -0.25) is 4.79 Å². The molecular formula is C16H23N3O2. The number of rotatable bonds is 2. The van der Waals surface area contributed by atoms with Crippen molar-refractivity contribution in [1.29, 1.82) is 0 Å². The van der Waals surface area contributed by atoms with E-state index in [0.717, 1.165) is 13.1 Å². The van der Waals surface area contributed by atoms with Crippen molar-refractivity contribution in [2.24, 2.45) is 0 Å². The molecule has 2 aliphatic heterocycles. The van der Waals surface area contributed by atoms with Crippen molar-refractivity contribution in [1.82, 2.24) is 10.2 Å². The SMILES string of the molecule is CC1CN(CC(=O)N2CCOCC2)c2ccccc2CN1. The van der Waals surface area contributed by atoms with Crippen LogP contribution >= 0.6 is 0 Å². The van der Waals surface area contributed by atoms with Crippen molar-refractivity contribution in [3.05, 3.63) is 29.8 Å². The molecule has 1 amide bonds. The van der Waals surface area contributed by atoms with E-state index in [-0.39, 0.29) is 5.91 Å². The summed E-state index contributed by atoms with van der Waals surface area (Å²) >= 11 is 0. The zero-order valence-electron chi connectivity index (χ0n) is 12.5. The maximum absolute atomic E-state index is 12.5. The maximum Gasteiger partial charge on any atom is 0.242 e. The summed E-state index contributed by atoms with van der Waals surface area (Å²) in [6, 6.07) is 8.71. The average Bonchev–Trinajstić information content (AvgIpc) is 2.68. The Kier molecular flexibility index (Phi) is 4.41. The van der Waals surface area contributed by atoms with Crippen LogP contribution in [0.3, 0.4) is 0 Å². The number of amides is 1. The second-order valence-corrected chi connectivity index (χ2v) is 5.78. The Bertz CT molecular complexity index is 500. The Labute approximate surface area is 125 Å². The van der Waals surface area contributed by atoms with Crippen molar-refractivity contribution in [2.75, 3.05) is 44.3 Å². The molecule has 3 rings (SSSR count). The molecule has 0 bridgehead atoms. The minimum Gasteiger partial charge on any atom is -0.378 e. The lowest BCUT2D eigenvalue weighted by Crippen LogP contribution is -2.47. The molecule has 0 radical (unpaired) electrons. The third-order valence-electron chi connectivity index (χ3n) is 4.16. The van der Waals surface area contributed by atoms with Crippen LogP contribution < -0.4 is 10.2 Å². The quantitative estimate of drug-likeness (QED) is 0.876. The van der Waals surface area contributed by atoms with Crippen LogP contribution in [0.25, 0.3) is 0 Å². The van der Waals surface area contributed by atoms with Gasteiger partial charge < -0.3 is 19.9 Å². The van der Waals surface area contributed by atoms with Crippen LogP contribution in [0.2, 0.25) is 0 Å². The minimum absolute atomic E-state index is 0.196. The number of anilines is 1. The summed E-state index contributed by atoms with van der Waals surface area (Å²) in [5, 5.41) is 3.50. The molecule has 1 unspecified atom stereocenters. The Hall–Kier alpha value is -1.59. The van der Waals surface area contributed by atoms with E-state index in [4.69, 9.17) is 4.74 Å². The Morgan fingerprint density at radius 2 is 2.10 bits per heavy atom. The van der Waals surface area contributed by atoms with Crippen LogP contribution in [0.4, 0.5) is 5.69 Å². The summed E-state index contributed by atoms with van der Waals surface area (Å²) in [6.45, 7) is 7.05. The van der Waals surface area contributed by atoms with Crippen LogP contribution in [0, 0.1) is 0 Å². The fraction of sp³-hybridized carbons (Fsp3) is 0.562. The van der Waals surface area contributed by atoms with Crippen molar-refractivity contribution in [3.8, 4) is 0 Å². The van der Waals surface area contributed by atoms with Gasteiger partial charge >= 0.3 is 0 Å². The minimum atomic E-state index is 0.196. The van der Waals surface area contributed by atoms with Gasteiger partial charge in [0.05, 0.1) is 19.8 Å². The molecule has 5 heteroatoms. The molecule has 1 aromatic rings. The molecule has 1 N–H and O–H groups in total. The lowest BCUT2D eigenvalue weighted by Gasteiger charge is -2.31. The predicted molar refractivity (Wildman–Crippen MR) is 82.4 cm³/mol. The number of hydrogen-bond acceptors (Lipinski definition) is 4. The number of benzene rings is 1. The summed E-state index contributed by atoms with van der Waals surface area (Å²) in [6.07, 6.45) is 0. The van der Waals surface area contributed by atoms with Crippen LogP contribution in [0.5, 0.6) is 0 Å². The van der Waals surface area contributed by atoms with Gasteiger partial charge in [0, 0.05) is 37.9 Å². The van der Waals surface area contributed by atoms with Gasteiger partial charge in [0.2, 0.25) is 5.91 Å². The summed E-state index contributed by atoms with van der Waals surface area (Å²) in [4.78, 5) is 16.6. The average molecular weight is 289 g/mol. The summed E-state index contributed by atoms with van der Waals surface area (Å²) < 4.78 is 5.32. The largest absolute Gasteiger partial charge is 0.378 e. The smallest absolute Gasteiger partial charge is 0.242 e. The lowest BCUT2D eigenvalue weighted by molar-refractivity contribution is -0.133. The van der Waals surface area contributed by atoms with E-state index in [0.29, 0.717) is 38.9 Å². The molecule has 1 saturated heterocycles. The zero-order valence-corrected chi connectivity index (χ0v) is 12.5. The molecule has 0 aliphatic carbocycles. The lowest BCUT2D eigenvalue weighted by atomic mass is 10.1. The molecule has 2 aliphatic rings. The topological polar surface area (TPSA) is 44.8 Å². The van der Waals surface area contributed by atoms with Gasteiger partial charge in [-0.25, -0.2) is 0 Å². The first-order valence-corrected chi connectivity index (χ1v) is 7.66. The molecule has 1 aromatic carbocycles. The van der Waals surface area contributed by atoms with Crippen LogP contribution in [0.1, 0.15) is 12.5 Å². The van der Waals surface area contributed by atoms with Gasteiger partial charge in [-0.1, -0.05) is 18.2 Å². The Morgan fingerprint density at radius 3 is 2.90 bits per heavy atom. The Balaban J connectivity index is 1.74. The first-order chi connectivity index (χ1) is 10.2. The van der Waals surface area contributed by atoms with Crippen molar-refractivity contribution in [3.63, 3.8) is 0 Å². The van der Waals surface area contributed by atoms with Gasteiger partial charge in [0.15, 0.2) is 0 Å². The zero-order chi connectivity index (χ0) is 14.7. The molecular weight excluding hydrogens is 266 g/mol. The molecule has 1 fully saturated rings. The number of morpholine rings is 1. The molecule has 21 heavy (non-hydrogen) atoms.